The zero-order valence-corrected chi connectivity index (χ0v) is 10.9. The summed E-state index contributed by atoms with van der Waals surface area (Å²) in [4.78, 5) is 14.3. The van der Waals surface area contributed by atoms with Crippen molar-refractivity contribution in [1.82, 2.24) is 15.1 Å². The van der Waals surface area contributed by atoms with Crippen LogP contribution in [-0.4, -0.2) is 34.7 Å². The number of nitrogens with zero attached hydrogens (tertiary/aromatic N) is 2. The SMILES string of the molecule is O=c1[nH]nc(CCN2CCCC2)c2c1CCCC2. The molecule has 1 saturated heterocycles. The highest BCUT2D eigenvalue weighted by atomic mass is 16.1. The Kier molecular flexibility index (Phi) is 3.46. The molecule has 2 heterocycles. The Morgan fingerprint density at radius 1 is 1.06 bits per heavy atom. The minimum atomic E-state index is 0.0367. The molecule has 18 heavy (non-hydrogen) atoms. The molecule has 1 aromatic rings. The first-order chi connectivity index (χ1) is 8.84. The normalized spacial score (nSPS) is 20.0. The molecule has 1 fully saturated rings. The molecule has 0 aromatic carbocycles. The van der Waals surface area contributed by atoms with Crippen LogP contribution in [-0.2, 0) is 19.3 Å². The van der Waals surface area contributed by atoms with Gasteiger partial charge in [0, 0.05) is 18.5 Å². The molecule has 4 heteroatoms. The third-order valence-electron chi connectivity index (χ3n) is 4.25. The average molecular weight is 247 g/mol. The molecule has 0 bridgehead atoms. The number of aromatic nitrogens is 2. The van der Waals surface area contributed by atoms with Gasteiger partial charge in [-0.1, -0.05) is 0 Å². The fourth-order valence-corrected chi connectivity index (χ4v) is 3.20. The van der Waals surface area contributed by atoms with Gasteiger partial charge in [0.1, 0.15) is 0 Å². The summed E-state index contributed by atoms with van der Waals surface area (Å²) in [5, 5.41) is 6.97. The van der Waals surface area contributed by atoms with Crippen LogP contribution in [0.1, 0.15) is 42.5 Å². The number of rotatable bonds is 3. The lowest BCUT2D eigenvalue weighted by Gasteiger charge is -2.19. The molecule has 3 rings (SSSR count). The van der Waals surface area contributed by atoms with Gasteiger partial charge in [-0.3, -0.25) is 4.79 Å². The Labute approximate surface area is 107 Å². The van der Waals surface area contributed by atoms with Crippen LogP contribution < -0.4 is 5.56 Å². The van der Waals surface area contributed by atoms with Crippen molar-refractivity contribution in [3.63, 3.8) is 0 Å². The van der Waals surface area contributed by atoms with Gasteiger partial charge in [0.2, 0.25) is 0 Å². The molecule has 2 aliphatic rings. The molecule has 1 aliphatic heterocycles. The number of H-pyrrole nitrogens is 1. The van der Waals surface area contributed by atoms with Gasteiger partial charge in [-0.25, -0.2) is 5.10 Å². The second-order valence-electron chi connectivity index (χ2n) is 5.46. The molecule has 98 valence electrons. The number of hydrogen-bond acceptors (Lipinski definition) is 3. The van der Waals surface area contributed by atoms with Crippen LogP contribution in [0.2, 0.25) is 0 Å². The molecule has 1 aliphatic carbocycles. The average Bonchev–Trinajstić information content (AvgIpc) is 2.92. The van der Waals surface area contributed by atoms with Crippen molar-refractivity contribution in [1.29, 1.82) is 0 Å². The first kappa shape index (κ1) is 11.9. The van der Waals surface area contributed by atoms with E-state index in [9.17, 15) is 4.79 Å². The second kappa shape index (κ2) is 5.22. The largest absolute Gasteiger partial charge is 0.303 e. The Bertz CT molecular complexity index is 474. The van der Waals surface area contributed by atoms with Crippen LogP contribution in [0.5, 0.6) is 0 Å². The minimum Gasteiger partial charge on any atom is -0.303 e. The Balaban J connectivity index is 1.77. The standard InChI is InChI=1S/C14H21N3O/c18-14-12-6-2-1-5-11(12)13(15-16-14)7-10-17-8-3-4-9-17/h1-10H2,(H,16,18). The number of fused-ring (bicyclic) bond motifs is 1. The molecule has 1 N–H and O–H groups in total. The van der Waals surface area contributed by atoms with Gasteiger partial charge in [0.05, 0.1) is 5.69 Å². The Hall–Kier alpha value is -1.16. The fourth-order valence-electron chi connectivity index (χ4n) is 3.20. The third kappa shape index (κ3) is 2.34. The third-order valence-corrected chi connectivity index (χ3v) is 4.25. The van der Waals surface area contributed by atoms with Gasteiger partial charge in [-0.15, -0.1) is 0 Å². The molecule has 0 atom stereocenters. The molecule has 0 unspecified atom stereocenters. The summed E-state index contributed by atoms with van der Waals surface area (Å²) in [6.07, 6.45) is 7.97. The first-order valence-corrected chi connectivity index (χ1v) is 7.16. The van der Waals surface area contributed by atoms with Crippen molar-refractivity contribution < 1.29 is 0 Å². The zero-order chi connectivity index (χ0) is 12.4. The van der Waals surface area contributed by atoms with Crippen LogP contribution in [0.4, 0.5) is 0 Å². The van der Waals surface area contributed by atoms with E-state index in [0.717, 1.165) is 43.5 Å². The summed E-state index contributed by atoms with van der Waals surface area (Å²) in [6.45, 7) is 3.54. The van der Waals surface area contributed by atoms with Crippen molar-refractivity contribution in [3.05, 3.63) is 27.2 Å². The van der Waals surface area contributed by atoms with Gasteiger partial charge in [-0.05, 0) is 57.2 Å². The van der Waals surface area contributed by atoms with E-state index >= 15 is 0 Å². The molecule has 0 spiro atoms. The number of aromatic amines is 1. The minimum absolute atomic E-state index is 0.0367. The van der Waals surface area contributed by atoms with Crippen LogP contribution in [0, 0.1) is 0 Å². The van der Waals surface area contributed by atoms with Crippen LogP contribution in [0.25, 0.3) is 0 Å². The van der Waals surface area contributed by atoms with Gasteiger partial charge in [-0.2, -0.15) is 5.10 Å². The van der Waals surface area contributed by atoms with Gasteiger partial charge in [0.15, 0.2) is 0 Å². The van der Waals surface area contributed by atoms with E-state index < -0.39 is 0 Å². The van der Waals surface area contributed by atoms with Crippen LogP contribution in [0.15, 0.2) is 4.79 Å². The summed E-state index contributed by atoms with van der Waals surface area (Å²) < 4.78 is 0. The van der Waals surface area contributed by atoms with E-state index in [2.05, 4.69) is 15.1 Å². The highest BCUT2D eigenvalue weighted by molar-refractivity contribution is 5.30. The summed E-state index contributed by atoms with van der Waals surface area (Å²) in [6, 6.07) is 0. The lowest BCUT2D eigenvalue weighted by Crippen LogP contribution is -2.26. The van der Waals surface area contributed by atoms with Crippen molar-refractivity contribution in [3.8, 4) is 0 Å². The topological polar surface area (TPSA) is 49.0 Å². The van der Waals surface area contributed by atoms with E-state index in [1.54, 1.807) is 0 Å². The smallest absolute Gasteiger partial charge is 0.267 e. The van der Waals surface area contributed by atoms with Crippen LogP contribution in [0.3, 0.4) is 0 Å². The first-order valence-electron chi connectivity index (χ1n) is 7.16. The van der Waals surface area contributed by atoms with E-state index in [0.29, 0.717) is 0 Å². The maximum atomic E-state index is 11.7. The van der Waals surface area contributed by atoms with Gasteiger partial charge in [0.25, 0.3) is 5.56 Å². The Morgan fingerprint density at radius 3 is 2.56 bits per heavy atom. The van der Waals surface area contributed by atoms with Crippen molar-refractivity contribution in [2.45, 2.75) is 44.9 Å². The number of hydrogen-bond donors (Lipinski definition) is 1. The summed E-state index contributed by atoms with van der Waals surface area (Å²) in [7, 11) is 0. The monoisotopic (exact) mass is 247 g/mol. The van der Waals surface area contributed by atoms with E-state index in [-0.39, 0.29) is 5.56 Å². The zero-order valence-electron chi connectivity index (χ0n) is 10.9. The van der Waals surface area contributed by atoms with Crippen LogP contribution >= 0.6 is 0 Å². The predicted molar refractivity (Wildman–Crippen MR) is 70.9 cm³/mol. The molecular weight excluding hydrogens is 226 g/mol. The fraction of sp³-hybridized carbons (Fsp3) is 0.714. The van der Waals surface area contributed by atoms with E-state index in [4.69, 9.17) is 0 Å². The van der Waals surface area contributed by atoms with Crippen molar-refractivity contribution >= 4 is 0 Å². The van der Waals surface area contributed by atoms with Gasteiger partial charge >= 0.3 is 0 Å². The molecular formula is C14H21N3O. The van der Waals surface area contributed by atoms with Gasteiger partial charge < -0.3 is 4.90 Å². The van der Waals surface area contributed by atoms with Crippen molar-refractivity contribution in [2.75, 3.05) is 19.6 Å². The predicted octanol–water partition coefficient (Wildman–Crippen LogP) is 1.29. The summed E-state index contributed by atoms with van der Waals surface area (Å²) in [5.41, 5.74) is 3.43. The lowest BCUT2D eigenvalue weighted by atomic mass is 9.91. The summed E-state index contributed by atoms with van der Waals surface area (Å²) in [5.74, 6) is 0. The number of nitrogens with one attached hydrogen (secondary N) is 1. The second-order valence-corrected chi connectivity index (χ2v) is 5.46. The molecule has 0 saturated carbocycles. The Morgan fingerprint density at radius 2 is 1.78 bits per heavy atom. The molecule has 0 amide bonds. The maximum Gasteiger partial charge on any atom is 0.267 e. The lowest BCUT2D eigenvalue weighted by molar-refractivity contribution is 0.341. The van der Waals surface area contributed by atoms with E-state index in [1.807, 2.05) is 0 Å². The highest BCUT2D eigenvalue weighted by Crippen LogP contribution is 2.20. The highest BCUT2D eigenvalue weighted by Gasteiger charge is 2.18. The van der Waals surface area contributed by atoms with Crippen molar-refractivity contribution in [2.24, 2.45) is 0 Å². The maximum absolute atomic E-state index is 11.7. The quantitative estimate of drug-likeness (QED) is 0.875. The number of likely N-dealkylation sites (tertiary alicyclic amines) is 1. The molecule has 1 aromatic heterocycles. The molecule has 0 radical (unpaired) electrons. The summed E-state index contributed by atoms with van der Waals surface area (Å²) >= 11 is 0. The molecule has 4 nitrogen and oxygen atoms in total. The van der Waals surface area contributed by atoms with E-state index in [1.165, 1.54) is 37.9 Å².